The first kappa shape index (κ1) is 17.1. The third-order valence-corrected chi connectivity index (χ3v) is 4.79. The zero-order chi connectivity index (χ0) is 16.1. The van der Waals surface area contributed by atoms with Crippen molar-refractivity contribution in [3.63, 3.8) is 0 Å². The molecule has 0 saturated heterocycles. The molecule has 0 spiro atoms. The van der Waals surface area contributed by atoms with Crippen molar-refractivity contribution in [1.82, 2.24) is 5.32 Å². The van der Waals surface area contributed by atoms with Crippen LogP contribution in [0.15, 0.2) is 29.6 Å². The maximum Gasteiger partial charge on any atom is 0.327 e. The lowest BCUT2D eigenvalue weighted by Crippen LogP contribution is -2.29. The molecule has 22 heavy (non-hydrogen) atoms. The largest absolute Gasteiger partial charge is 0.495 e. The van der Waals surface area contributed by atoms with E-state index < -0.39 is 12.0 Å². The Hall–Kier alpha value is -1.27. The van der Waals surface area contributed by atoms with Crippen LogP contribution in [-0.4, -0.2) is 20.2 Å². The fraction of sp³-hybridized carbons (Fsp3) is 0.267. The Kier molecular flexibility index (Phi) is 6.08. The standard InChI is InChI=1S/C15H15Cl2NO3S/c1-20-12-4-3-9(7-11(12)17)14(15(19)21-2)18-8-13-10(16)5-6-22-13/h3-7,14,18H,8H2,1-2H3/t14-/m0/s1. The Labute approximate surface area is 142 Å². The highest BCUT2D eigenvalue weighted by Gasteiger charge is 2.22. The van der Waals surface area contributed by atoms with E-state index in [1.165, 1.54) is 25.6 Å². The number of hydrogen-bond donors (Lipinski definition) is 1. The number of halogens is 2. The number of hydrogen-bond acceptors (Lipinski definition) is 5. The highest BCUT2D eigenvalue weighted by atomic mass is 35.5. The van der Waals surface area contributed by atoms with Crippen molar-refractivity contribution in [2.45, 2.75) is 12.6 Å². The van der Waals surface area contributed by atoms with Crippen LogP contribution in [0.25, 0.3) is 0 Å². The molecule has 0 saturated carbocycles. The van der Waals surface area contributed by atoms with E-state index in [1.54, 1.807) is 18.2 Å². The number of rotatable bonds is 6. The SMILES string of the molecule is COC(=O)[C@@H](NCc1sccc1Cl)c1ccc(OC)c(Cl)c1. The van der Waals surface area contributed by atoms with Crippen molar-refractivity contribution < 1.29 is 14.3 Å². The summed E-state index contributed by atoms with van der Waals surface area (Å²) in [4.78, 5) is 13.0. The van der Waals surface area contributed by atoms with Crippen LogP contribution < -0.4 is 10.1 Å². The fourth-order valence-electron chi connectivity index (χ4n) is 1.96. The van der Waals surface area contributed by atoms with Gasteiger partial charge in [0.2, 0.25) is 0 Å². The predicted octanol–water partition coefficient (Wildman–Crippen LogP) is 4.07. The van der Waals surface area contributed by atoms with Crippen LogP contribution in [0.1, 0.15) is 16.5 Å². The summed E-state index contributed by atoms with van der Waals surface area (Å²) in [6.45, 7) is 0.458. The Morgan fingerprint density at radius 1 is 1.27 bits per heavy atom. The van der Waals surface area contributed by atoms with Gasteiger partial charge in [-0.15, -0.1) is 11.3 Å². The van der Waals surface area contributed by atoms with Crippen LogP contribution >= 0.6 is 34.5 Å². The zero-order valence-corrected chi connectivity index (χ0v) is 14.4. The van der Waals surface area contributed by atoms with Crippen molar-refractivity contribution in [3.05, 3.63) is 50.1 Å². The number of ether oxygens (including phenoxy) is 2. The second-order valence-corrected chi connectivity index (χ2v) is 6.24. The Balaban J connectivity index is 2.21. The number of carbonyl (C=O) groups is 1. The van der Waals surface area contributed by atoms with Gasteiger partial charge in [0.05, 0.1) is 24.3 Å². The molecular formula is C15H15Cl2NO3S. The lowest BCUT2D eigenvalue weighted by atomic mass is 10.1. The van der Waals surface area contributed by atoms with E-state index in [2.05, 4.69) is 5.32 Å². The Morgan fingerprint density at radius 2 is 2.05 bits per heavy atom. The molecule has 4 nitrogen and oxygen atoms in total. The van der Waals surface area contributed by atoms with Crippen LogP contribution in [0.4, 0.5) is 0 Å². The molecule has 1 heterocycles. The molecule has 118 valence electrons. The molecule has 0 bridgehead atoms. The predicted molar refractivity (Wildman–Crippen MR) is 88.9 cm³/mol. The van der Waals surface area contributed by atoms with Crippen molar-refractivity contribution >= 4 is 40.5 Å². The molecule has 0 unspecified atom stereocenters. The number of methoxy groups -OCH3 is 2. The molecule has 0 aliphatic heterocycles. The van der Waals surface area contributed by atoms with E-state index in [1.807, 2.05) is 11.4 Å². The third-order valence-electron chi connectivity index (χ3n) is 3.10. The maximum atomic E-state index is 12.0. The van der Waals surface area contributed by atoms with Crippen LogP contribution in [0.2, 0.25) is 10.0 Å². The van der Waals surface area contributed by atoms with Gasteiger partial charge >= 0.3 is 5.97 Å². The number of nitrogens with one attached hydrogen (secondary N) is 1. The van der Waals surface area contributed by atoms with Gasteiger partial charge in [-0.05, 0) is 29.1 Å². The summed E-state index contributed by atoms with van der Waals surface area (Å²) in [6.07, 6.45) is 0. The minimum Gasteiger partial charge on any atom is -0.495 e. The van der Waals surface area contributed by atoms with Gasteiger partial charge < -0.3 is 9.47 Å². The quantitative estimate of drug-likeness (QED) is 0.789. The fourth-order valence-corrected chi connectivity index (χ4v) is 3.28. The van der Waals surface area contributed by atoms with E-state index in [-0.39, 0.29) is 0 Å². The minimum absolute atomic E-state index is 0.395. The molecule has 0 radical (unpaired) electrons. The zero-order valence-electron chi connectivity index (χ0n) is 12.1. The molecule has 7 heteroatoms. The number of benzene rings is 1. The molecule has 0 aliphatic rings. The molecule has 1 aromatic carbocycles. The van der Waals surface area contributed by atoms with E-state index in [4.69, 9.17) is 32.7 Å². The van der Waals surface area contributed by atoms with Crippen molar-refractivity contribution in [1.29, 1.82) is 0 Å². The summed E-state index contributed by atoms with van der Waals surface area (Å²) in [5.41, 5.74) is 0.699. The summed E-state index contributed by atoms with van der Waals surface area (Å²) in [5, 5.41) is 6.16. The van der Waals surface area contributed by atoms with Gasteiger partial charge in [-0.25, -0.2) is 4.79 Å². The van der Waals surface area contributed by atoms with Crippen LogP contribution in [0, 0.1) is 0 Å². The normalized spacial score (nSPS) is 12.0. The number of thiophene rings is 1. The Bertz CT molecular complexity index is 660. The highest BCUT2D eigenvalue weighted by molar-refractivity contribution is 7.10. The lowest BCUT2D eigenvalue weighted by Gasteiger charge is -2.17. The molecule has 1 N–H and O–H groups in total. The summed E-state index contributed by atoms with van der Waals surface area (Å²) in [7, 11) is 2.88. The van der Waals surface area contributed by atoms with E-state index in [9.17, 15) is 4.79 Å². The topological polar surface area (TPSA) is 47.6 Å². The summed E-state index contributed by atoms with van der Waals surface area (Å²) in [5.74, 6) is 0.157. The van der Waals surface area contributed by atoms with Crippen LogP contribution in [0.5, 0.6) is 5.75 Å². The number of esters is 1. The first-order valence-electron chi connectivity index (χ1n) is 6.43. The van der Waals surface area contributed by atoms with Gasteiger partial charge in [-0.3, -0.25) is 5.32 Å². The average molecular weight is 360 g/mol. The van der Waals surface area contributed by atoms with E-state index >= 15 is 0 Å². The first-order valence-corrected chi connectivity index (χ1v) is 8.07. The van der Waals surface area contributed by atoms with Gasteiger partial charge in [-0.2, -0.15) is 0 Å². The summed E-state index contributed by atoms with van der Waals surface area (Å²) >= 11 is 13.7. The summed E-state index contributed by atoms with van der Waals surface area (Å²) < 4.78 is 9.97. The second kappa shape index (κ2) is 7.83. The Morgan fingerprint density at radius 3 is 2.59 bits per heavy atom. The van der Waals surface area contributed by atoms with E-state index in [0.29, 0.717) is 27.9 Å². The molecule has 0 fully saturated rings. The molecule has 0 amide bonds. The highest BCUT2D eigenvalue weighted by Crippen LogP contribution is 2.29. The maximum absolute atomic E-state index is 12.0. The van der Waals surface area contributed by atoms with Gasteiger partial charge in [0.25, 0.3) is 0 Å². The van der Waals surface area contributed by atoms with Crippen molar-refractivity contribution in [2.75, 3.05) is 14.2 Å². The third kappa shape index (κ3) is 3.93. The summed E-state index contributed by atoms with van der Waals surface area (Å²) in [6, 6.07) is 6.36. The van der Waals surface area contributed by atoms with Crippen LogP contribution in [0.3, 0.4) is 0 Å². The molecule has 1 aromatic heterocycles. The van der Waals surface area contributed by atoms with Gasteiger partial charge in [0.15, 0.2) is 0 Å². The van der Waals surface area contributed by atoms with Crippen LogP contribution in [-0.2, 0) is 16.1 Å². The lowest BCUT2D eigenvalue weighted by molar-refractivity contribution is -0.143. The molecule has 2 rings (SSSR count). The van der Waals surface area contributed by atoms with Crippen molar-refractivity contribution in [2.24, 2.45) is 0 Å². The second-order valence-electron chi connectivity index (χ2n) is 4.42. The van der Waals surface area contributed by atoms with Gasteiger partial charge in [0.1, 0.15) is 11.8 Å². The molecule has 0 aliphatic carbocycles. The first-order chi connectivity index (χ1) is 10.6. The molecular weight excluding hydrogens is 345 g/mol. The van der Waals surface area contributed by atoms with Gasteiger partial charge in [-0.1, -0.05) is 29.3 Å². The van der Waals surface area contributed by atoms with E-state index in [0.717, 1.165) is 4.88 Å². The number of carbonyl (C=O) groups excluding carboxylic acids is 1. The molecule has 1 atom stereocenters. The minimum atomic E-state index is -0.633. The monoisotopic (exact) mass is 359 g/mol. The van der Waals surface area contributed by atoms with Gasteiger partial charge in [0, 0.05) is 11.4 Å². The average Bonchev–Trinajstić information content (AvgIpc) is 2.92. The molecule has 2 aromatic rings. The van der Waals surface area contributed by atoms with Crippen molar-refractivity contribution in [3.8, 4) is 5.75 Å². The smallest absolute Gasteiger partial charge is 0.327 e.